The van der Waals surface area contributed by atoms with Crippen LogP contribution in [0.4, 0.5) is 4.39 Å². The largest absolute Gasteiger partial charge is 0.348 e. The zero-order valence-corrected chi connectivity index (χ0v) is 11.9. The van der Waals surface area contributed by atoms with Gasteiger partial charge in [-0.15, -0.1) is 0 Å². The first-order chi connectivity index (χ1) is 10.1. The molecule has 4 heteroatoms. The third-order valence-electron chi connectivity index (χ3n) is 3.34. The summed E-state index contributed by atoms with van der Waals surface area (Å²) >= 11 is 0. The van der Waals surface area contributed by atoms with Gasteiger partial charge in [0.25, 0.3) is 0 Å². The normalized spacial score (nSPS) is 13.5. The van der Waals surface area contributed by atoms with E-state index >= 15 is 0 Å². The van der Waals surface area contributed by atoms with Gasteiger partial charge in [-0.2, -0.15) is 0 Å². The van der Waals surface area contributed by atoms with Crippen molar-refractivity contribution in [2.45, 2.75) is 25.4 Å². The van der Waals surface area contributed by atoms with Crippen LogP contribution in [-0.4, -0.2) is 11.9 Å². The van der Waals surface area contributed by atoms with E-state index in [-0.39, 0.29) is 17.8 Å². The molecule has 2 atom stereocenters. The SMILES string of the molecule is C[C@@H](NC(=O)[C@H](N)Cc1ccccc1)c1cccc(F)c1. The first-order valence-electron chi connectivity index (χ1n) is 6.91. The smallest absolute Gasteiger partial charge is 0.237 e. The molecule has 2 aromatic rings. The molecule has 0 radical (unpaired) electrons. The molecule has 0 fully saturated rings. The van der Waals surface area contributed by atoms with Crippen LogP contribution in [0.15, 0.2) is 54.6 Å². The third-order valence-corrected chi connectivity index (χ3v) is 3.34. The monoisotopic (exact) mass is 286 g/mol. The van der Waals surface area contributed by atoms with Crippen LogP contribution in [0.3, 0.4) is 0 Å². The van der Waals surface area contributed by atoms with Gasteiger partial charge in [0.15, 0.2) is 0 Å². The number of hydrogen-bond donors (Lipinski definition) is 2. The number of benzene rings is 2. The molecule has 3 N–H and O–H groups in total. The second-order valence-electron chi connectivity index (χ2n) is 5.08. The summed E-state index contributed by atoms with van der Waals surface area (Å²) in [5.41, 5.74) is 7.65. The predicted molar refractivity (Wildman–Crippen MR) is 81.1 cm³/mol. The molecule has 0 saturated carbocycles. The Balaban J connectivity index is 1.94. The van der Waals surface area contributed by atoms with Crippen LogP contribution in [0.25, 0.3) is 0 Å². The number of carbonyl (C=O) groups excluding carboxylic acids is 1. The molecule has 0 unspecified atom stereocenters. The van der Waals surface area contributed by atoms with Gasteiger partial charge in [0, 0.05) is 0 Å². The van der Waals surface area contributed by atoms with E-state index in [2.05, 4.69) is 5.32 Å². The van der Waals surface area contributed by atoms with Crippen molar-refractivity contribution in [1.29, 1.82) is 0 Å². The Kier molecular flexibility index (Phi) is 5.06. The molecule has 0 bridgehead atoms. The van der Waals surface area contributed by atoms with Gasteiger partial charge in [0.05, 0.1) is 12.1 Å². The fourth-order valence-corrected chi connectivity index (χ4v) is 2.14. The van der Waals surface area contributed by atoms with E-state index in [1.54, 1.807) is 12.1 Å². The highest BCUT2D eigenvalue weighted by atomic mass is 19.1. The summed E-state index contributed by atoms with van der Waals surface area (Å²) in [4.78, 5) is 12.1. The summed E-state index contributed by atoms with van der Waals surface area (Å²) in [5.74, 6) is -0.558. The molecule has 0 heterocycles. The standard InChI is InChI=1S/C17H19FN2O/c1-12(14-8-5-9-15(18)11-14)20-17(21)16(19)10-13-6-3-2-4-7-13/h2-9,11-12,16H,10,19H2,1H3,(H,20,21)/t12-,16-/m1/s1. The summed E-state index contributed by atoms with van der Waals surface area (Å²) in [5, 5.41) is 2.81. The Labute approximate surface area is 124 Å². The van der Waals surface area contributed by atoms with Crippen molar-refractivity contribution in [2.75, 3.05) is 0 Å². The highest BCUT2D eigenvalue weighted by molar-refractivity contribution is 5.82. The van der Waals surface area contributed by atoms with E-state index in [9.17, 15) is 9.18 Å². The van der Waals surface area contributed by atoms with Gasteiger partial charge in [0.2, 0.25) is 5.91 Å². The lowest BCUT2D eigenvalue weighted by atomic mass is 10.0. The van der Waals surface area contributed by atoms with Gasteiger partial charge < -0.3 is 11.1 Å². The van der Waals surface area contributed by atoms with Gasteiger partial charge in [0.1, 0.15) is 5.82 Å². The van der Waals surface area contributed by atoms with Crippen molar-refractivity contribution in [3.63, 3.8) is 0 Å². The van der Waals surface area contributed by atoms with Gasteiger partial charge in [-0.3, -0.25) is 4.79 Å². The van der Waals surface area contributed by atoms with Crippen molar-refractivity contribution in [1.82, 2.24) is 5.32 Å². The molecule has 110 valence electrons. The van der Waals surface area contributed by atoms with Crippen molar-refractivity contribution in [2.24, 2.45) is 5.73 Å². The van der Waals surface area contributed by atoms with Crippen LogP contribution >= 0.6 is 0 Å². The lowest BCUT2D eigenvalue weighted by Gasteiger charge is -2.18. The Morgan fingerprint density at radius 2 is 1.90 bits per heavy atom. The van der Waals surface area contributed by atoms with E-state index in [0.717, 1.165) is 11.1 Å². The molecule has 0 spiro atoms. The summed E-state index contributed by atoms with van der Waals surface area (Å²) in [6.07, 6.45) is 0.475. The molecule has 1 amide bonds. The number of amides is 1. The van der Waals surface area contributed by atoms with E-state index in [4.69, 9.17) is 5.73 Å². The minimum atomic E-state index is -0.622. The third kappa shape index (κ3) is 4.39. The van der Waals surface area contributed by atoms with Crippen LogP contribution in [0, 0.1) is 5.82 Å². The Hall–Kier alpha value is -2.20. The quantitative estimate of drug-likeness (QED) is 0.887. The maximum atomic E-state index is 13.2. The molecule has 21 heavy (non-hydrogen) atoms. The van der Waals surface area contributed by atoms with Crippen molar-refractivity contribution in [3.8, 4) is 0 Å². The number of carbonyl (C=O) groups is 1. The lowest BCUT2D eigenvalue weighted by Crippen LogP contribution is -2.42. The minimum Gasteiger partial charge on any atom is -0.348 e. The summed E-state index contributed by atoms with van der Waals surface area (Å²) in [7, 11) is 0. The molecule has 0 aliphatic heterocycles. The second kappa shape index (κ2) is 6.99. The van der Waals surface area contributed by atoms with E-state index in [0.29, 0.717) is 6.42 Å². The fourth-order valence-electron chi connectivity index (χ4n) is 2.14. The number of rotatable bonds is 5. The number of nitrogens with two attached hydrogens (primary N) is 1. The first-order valence-corrected chi connectivity index (χ1v) is 6.91. The summed E-state index contributed by atoms with van der Waals surface area (Å²) < 4.78 is 13.2. The highest BCUT2D eigenvalue weighted by Gasteiger charge is 2.17. The molecular weight excluding hydrogens is 267 g/mol. The maximum Gasteiger partial charge on any atom is 0.237 e. The van der Waals surface area contributed by atoms with E-state index in [1.165, 1.54) is 12.1 Å². The zero-order valence-electron chi connectivity index (χ0n) is 11.9. The molecule has 3 nitrogen and oxygen atoms in total. The van der Waals surface area contributed by atoms with E-state index in [1.807, 2.05) is 37.3 Å². The number of halogens is 1. The van der Waals surface area contributed by atoms with Crippen molar-refractivity contribution >= 4 is 5.91 Å². The summed E-state index contributed by atoms with van der Waals surface area (Å²) in [6, 6.07) is 14.9. The molecule has 0 saturated heterocycles. The zero-order chi connectivity index (χ0) is 15.2. The van der Waals surface area contributed by atoms with Gasteiger partial charge in [-0.25, -0.2) is 4.39 Å². The molecular formula is C17H19FN2O. The first kappa shape index (κ1) is 15.2. The van der Waals surface area contributed by atoms with Gasteiger partial charge in [-0.1, -0.05) is 42.5 Å². The lowest BCUT2D eigenvalue weighted by molar-refractivity contribution is -0.123. The van der Waals surface area contributed by atoms with Crippen molar-refractivity contribution < 1.29 is 9.18 Å². The second-order valence-corrected chi connectivity index (χ2v) is 5.08. The molecule has 0 aliphatic carbocycles. The summed E-state index contributed by atoms with van der Waals surface area (Å²) in [6.45, 7) is 1.81. The molecule has 0 aromatic heterocycles. The highest BCUT2D eigenvalue weighted by Crippen LogP contribution is 2.13. The molecule has 0 aliphatic rings. The average molecular weight is 286 g/mol. The Bertz CT molecular complexity index is 601. The van der Waals surface area contributed by atoms with Gasteiger partial charge >= 0.3 is 0 Å². The van der Waals surface area contributed by atoms with Gasteiger partial charge in [-0.05, 0) is 36.6 Å². The van der Waals surface area contributed by atoms with Crippen LogP contribution in [0.5, 0.6) is 0 Å². The Morgan fingerprint density at radius 3 is 2.57 bits per heavy atom. The Morgan fingerprint density at radius 1 is 1.19 bits per heavy atom. The predicted octanol–water partition coefficient (Wildman–Crippen LogP) is 2.57. The number of hydrogen-bond acceptors (Lipinski definition) is 2. The topological polar surface area (TPSA) is 55.1 Å². The fraction of sp³-hybridized carbons (Fsp3) is 0.235. The number of nitrogens with one attached hydrogen (secondary N) is 1. The molecule has 2 rings (SSSR count). The maximum absolute atomic E-state index is 13.2. The molecule has 2 aromatic carbocycles. The van der Waals surface area contributed by atoms with E-state index < -0.39 is 6.04 Å². The van der Waals surface area contributed by atoms with Crippen LogP contribution in [0.1, 0.15) is 24.1 Å². The average Bonchev–Trinajstić information content (AvgIpc) is 2.48. The minimum absolute atomic E-state index is 0.240. The van der Waals surface area contributed by atoms with Crippen molar-refractivity contribution in [3.05, 3.63) is 71.5 Å². The van der Waals surface area contributed by atoms with Crippen LogP contribution in [-0.2, 0) is 11.2 Å². The van der Waals surface area contributed by atoms with Crippen LogP contribution in [0.2, 0.25) is 0 Å². The van der Waals surface area contributed by atoms with Crippen LogP contribution < -0.4 is 11.1 Å².